The van der Waals surface area contributed by atoms with Crippen molar-refractivity contribution in [1.29, 1.82) is 0 Å². The quantitative estimate of drug-likeness (QED) is 0.549. The Bertz CT molecular complexity index is 244. The van der Waals surface area contributed by atoms with Crippen molar-refractivity contribution in [2.75, 3.05) is 13.2 Å². The summed E-state index contributed by atoms with van der Waals surface area (Å²) in [6.45, 7) is 1.87. The van der Waals surface area contributed by atoms with Crippen LogP contribution in [0.2, 0.25) is 0 Å². The standard InChI is InChI=1S/C11H15NO/c12-8-4-5-9-13-10-11-6-2-1-3-7-11/h1-7H,8-10,12H2/b5-4-. The first kappa shape index (κ1) is 9.96. The maximum absolute atomic E-state index is 5.38. The summed E-state index contributed by atoms with van der Waals surface area (Å²) in [5, 5.41) is 0. The molecule has 0 atom stereocenters. The van der Waals surface area contributed by atoms with Crippen LogP contribution in [0.25, 0.3) is 0 Å². The molecule has 0 aliphatic carbocycles. The highest BCUT2D eigenvalue weighted by molar-refractivity contribution is 5.13. The zero-order valence-corrected chi connectivity index (χ0v) is 7.65. The van der Waals surface area contributed by atoms with E-state index in [9.17, 15) is 0 Å². The lowest BCUT2D eigenvalue weighted by atomic mass is 10.2. The molecule has 13 heavy (non-hydrogen) atoms. The Balaban J connectivity index is 2.17. The first-order chi connectivity index (χ1) is 6.43. The second kappa shape index (κ2) is 6.40. The summed E-state index contributed by atoms with van der Waals surface area (Å²) in [6, 6.07) is 10.1. The average molecular weight is 177 g/mol. The maximum atomic E-state index is 5.38. The van der Waals surface area contributed by atoms with Crippen molar-refractivity contribution in [2.45, 2.75) is 6.61 Å². The third kappa shape index (κ3) is 4.45. The van der Waals surface area contributed by atoms with Crippen LogP contribution in [0.1, 0.15) is 5.56 Å². The van der Waals surface area contributed by atoms with Crippen LogP contribution in [0.5, 0.6) is 0 Å². The largest absolute Gasteiger partial charge is 0.373 e. The minimum Gasteiger partial charge on any atom is -0.373 e. The van der Waals surface area contributed by atoms with E-state index in [-0.39, 0.29) is 0 Å². The van der Waals surface area contributed by atoms with Crippen molar-refractivity contribution in [3.05, 3.63) is 48.0 Å². The molecule has 0 aromatic heterocycles. The van der Waals surface area contributed by atoms with E-state index in [1.807, 2.05) is 42.5 Å². The summed E-state index contributed by atoms with van der Waals surface area (Å²) in [5.41, 5.74) is 6.48. The second-order valence-electron chi connectivity index (χ2n) is 2.71. The molecule has 1 aromatic carbocycles. The van der Waals surface area contributed by atoms with Gasteiger partial charge in [-0.05, 0) is 5.56 Å². The molecule has 2 N–H and O–H groups in total. The van der Waals surface area contributed by atoms with Gasteiger partial charge in [0.25, 0.3) is 0 Å². The molecule has 1 rings (SSSR count). The van der Waals surface area contributed by atoms with E-state index < -0.39 is 0 Å². The van der Waals surface area contributed by atoms with Gasteiger partial charge in [-0.15, -0.1) is 0 Å². The van der Waals surface area contributed by atoms with Crippen LogP contribution in [0.4, 0.5) is 0 Å². The number of hydrogen-bond acceptors (Lipinski definition) is 2. The van der Waals surface area contributed by atoms with Gasteiger partial charge < -0.3 is 10.5 Å². The SMILES string of the molecule is NC/C=C\COCc1ccccc1. The first-order valence-corrected chi connectivity index (χ1v) is 4.40. The molecule has 1 aromatic rings. The third-order valence-electron chi connectivity index (χ3n) is 1.63. The van der Waals surface area contributed by atoms with Crippen molar-refractivity contribution >= 4 is 0 Å². The van der Waals surface area contributed by atoms with E-state index in [2.05, 4.69) is 0 Å². The van der Waals surface area contributed by atoms with E-state index in [0.717, 1.165) is 0 Å². The fourth-order valence-corrected chi connectivity index (χ4v) is 0.983. The fourth-order valence-electron chi connectivity index (χ4n) is 0.983. The molecule has 0 saturated carbocycles. The molecule has 0 radical (unpaired) electrons. The molecule has 70 valence electrons. The summed E-state index contributed by atoms with van der Waals surface area (Å²) in [4.78, 5) is 0. The van der Waals surface area contributed by atoms with Gasteiger partial charge in [0, 0.05) is 6.54 Å². The second-order valence-corrected chi connectivity index (χ2v) is 2.71. The molecule has 2 heteroatoms. The van der Waals surface area contributed by atoms with Crippen molar-refractivity contribution in [2.24, 2.45) is 5.73 Å². The molecule has 0 bridgehead atoms. The number of nitrogens with two attached hydrogens (primary N) is 1. The van der Waals surface area contributed by atoms with Crippen molar-refractivity contribution in [3.63, 3.8) is 0 Å². The van der Waals surface area contributed by atoms with E-state index in [4.69, 9.17) is 10.5 Å². The lowest BCUT2D eigenvalue weighted by molar-refractivity contribution is 0.148. The maximum Gasteiger partial charge on any atom is 0.0721 e. The van der Waals surface area contributed by atoms with Crippen LogP contribution in [0.15, 0.2) is 42.5 Å². The molecule has 2 nitrogen and oxygen atoms in total. The molecule has 0 amide bonds. The molecule has 0 aliphatic rings. The average Bonchev–Trinajstić information content (AvgIpc) is 2.19. The monoisotopic (exact) mass is 177 g/mol. The Kier molecular flexibility index (Phi) is 4.91. The Labute approximate surface area is 79.0 Å². The normalized spacial score (nSPS) is 10.8. The lowest BCUT2D eigenvalue weighted by Crippen LogP contribution is -1.95. The summed E-state index contributed by atoms with van der Waals surface area (Å²) in [6.07, 6.45) is 3.83. The topological polar surface area (TPSA) is 35.2 Å². The van der Waals surface area contributed by atoms with Gasteiger partial charge in [-0.2, -0.15) is 0 Å². The van der Waals surface area contributed by atoms with E-state index in [1.54, 1.807) is 0 Å². The van der Waals surface area contributed by atoms with Gasteiger partial charge in [0.05, 0.1) is 13.2 Å². The Hall–Kier alpha value is -1.12. The third-order valence-corrected chi connectivity index (χ3v) is 1.63. The molecule has 0 heterocycles. The Morgan fingerprint density at radius 2 is 1.92 bits per heavy atom. The Morgan fingerprint density at radius 3 is 2.62 bits per heavy atom. The highest BCUT2D eigenvalue weighted by atomic mass is 16.5. The highest BCUT2D eigenvalue weighted by Crippen LogP contribution is 1.99. The molecule has 0 fully saturated rings. The minimum absolute atomic E-state index is 0.578. The number of hydrogen-bond donors (Lipinski definition) is 1. The number of rotatable bonds is 5. The number of benzene rings is 1. The van der Waals surface area contributed by atoms with Crippen molar-refractivity contribution < 1.29 is 4.74 Å². The molecular formula is C11H15NO. The van der Waals surface area contributed by atoms with E-state index >= 15 is 0 Å². The summed E-state index contributed by atoms with van der Waals surface area (Å²) in [7, 11) is 0. The van der Waals surface area contributed by atoms with E-state index in [1.165, 1.54) is 5.56 Å². The van der Waals surface area contributed by atoms with Crippen LogP contribution in [-0.2, 0) is 11.3 Å². The van der Waals surface area contributed by atoms with Crippen LogP contribution < -0.4 is 5.73 Å². The smallest absolute Gasteiger partial charge is 0.0721 e. The summed E-state index contributed by atoms with van der Waals surface area (Å²) in [5.74, 6) is 0. The zero-order valence-electron chi connectivity index (χ0n) is 7.65. The van der Waals surface area contributed by atoms with Gasteiger partial charge >= 0.3 is 0 Å². The predicted molar refractivity (Wildman–Crippen MR) is 54.3 cm³/mol. The molecule has 0 spiro atoms. The van der Waals surface area contributed by atoms with Crippen LogP contribution in [0.3, 0.4) is 0 Å². The first-order valence-electron chi connectivity index (χ1n) is 4.40. The van der Waals surface area contributed by atoms with Gasteiger partial charge in [0.15, 0.2) is 0 Å². The predicted octanol–water partition coefficient (Wildman–Crippen LogP) is 1.72. The van der Waals surface area contributed by atoms with Crippen LogP contribution in [-0.4, -0.2) is 13.2 Å². The van der Waals surface area contributed by atoms with Crippen LogP contribution >= 0.6 is 0 Å². The van der Waals surface area contributed by atoms with Gasteiger partial charge in [0.1, 0.15) is 0 Å². The lowest BCUT2D eigenvalue weighted by Gasteiger charge is -2.00. The zero-order chi connectivity index (χ0) is 9.36. The van der Waals surface area contributed by atoms with Gasteiger partial charge in [-0.25, -0.2) is 0 Å². The molecule has 0 unspecified atom stereocenters. The van der Waals surface area contributed by atoms with E-state index in [0.29, 0.717) is 19.8 Å². The molecule has 0 aliphatic heterocycles. The molecular weight excluding hydrogens is 162 g/mol. The van der Waals surface area contributed by atoms with Gasteiger partial charge in [-0.3, -0.25) is 0 Å². The Morgan fingerprint density at radius 1 is 1.15 bits per heavy atom. The summed E-state index contributed by atoms with van der Waals surface area (Å²) >= 11 is 0. The molecule has 0 saturated heterocycles. The van der Waals surface area contributed by atoms with Crippen molar-refractivity contribution in [3.8, 4) is 0 Å². The van der Waals surface area contributed by atoms with Gasteiger partial charge in [0.2, 0.25) is 0 Å². The summed E-state index contributed by atoms with van der Waals surface area (Å²) < 4.78 is 5.38. The van der Waals surface area contributed by atoms with Crippen molar-refractivity contribution in [1.82, 2.24) is 0 Å². The van der Waals surface area contributed by atoms with Crippen LogP contribution in [0, 0.1) is 0 Å². The van der Waals surface area contributed by atoms with Gasteiger partial charge in [-0.1, -0.05) is 42.5 Å². The minimum atomic E-state index is 0.578. The highest BCUT2D eigenvalue weighted by Gasteiger charge is 1.88. The number of ether oxygens (including phenoxy) is 1. The fraction of sp³-hybridized carbons (Fsp3) is 0.273.